The van der Waals surface area contributed by atoms with Gasteiger partial charge in [0.1, 0.15) is 0 Å². The van der Waals surface area contributed by atoms with Gasteiger partial charge in [-0.1, -0.05) is 0 Å². The van der Waals surface area contributed by atoms with Gasteiger partial charge in [0.2, 0.25) is 0 Å². The summed E-state index contributed by atoms with van der Waals surface area (Å²) < 4.78 is 4.48. The summed E-state index contributed by atoms with van der Waals surface area (Å²) in [5.74, 6) is 0. The Morgan fingerprint density at radius 1 is 1.75 bits per heavy atom. The lowest BCUT2D eigenvalue weighted by atomic mass is 10.2. The second kappa shape index (κ2) is 3.73. The van der Waals surface area contributed by atoms with Gasteiger partial charge < -0.3 is 19.8 Å². The minimum Gasteiger partial charge on any atom is -0.453 e. The summed E-state index contributed by atoms with van der Waals surface area (Å²) in [6.07, 6.45) is -0.613. The first-order chi connectivity index (χ1) is 5.69. The van der Waals surface area contributed by atoms with Crippen molar-refractivity contribution in [2.45, 2.75) is 18.6 Å². The number of rotatable bonds is 1. The van der Waals surface area contributed by atoms with Crippen LogP contribution in [-0.2, 0) is 4.74 Å². The minimum absolute atomic E-state index is 0.133. The molecule has 1 saturated heterocycles. The SMILES string of the molecule is COC(=O)N1C[C@@H](O)C[C@H]1CO. The highest BCUT2D eigenvalue weighted by atomic mass is 16.5. The molecule has 5 nitrogen and oxygen atoms in total. The third kappa shape index (κ3) is 1.67. The average Bonchev–Trinajstić information content (AvgIpc) is 2.45. The Labute approximate surface area is 70.5 Å². The van der Waals surface area contributed by atoms with E-state index in [2.05, 4.69) is 4.74 Å². The lowest BCUT2D eigenvalue weighted by Gasteiger charge is -2.20. The molecule has 0 bridgehead atoms. The fourth-order valence-electron chi connectivity index (χ4n) is 1.41. The Hall–Kier alpha value is -0.810. The summed E-state index contributed by atoms with van der Waals surface area (Å²) in [5.41, 5.74) is 0. The zero-order valence-corrected chi connectivity index (χ0v) is 6.93. The van der Waals surface area contributed by atoms with Crippen molar-refractivity contribution >= 4 is 6.09 Å². The van der Waals surface area contributed by atoms with E-state index in [0.717, 1.165) is 0 Å². The molecular formula is C7H13NO4. The molecule has 1 amide bonds. The van der Waals surface area contributed by atoms with E-state index in [-0.39, 0.29) is 19.2 Å². The third-order valence-corrected chi connectivity index (χ3v) is 2.01. The average molecular weight is 175 g/mol. The molecule has 1 rings (SSSR count). The van der Waals surface area contributed by atoms with Gasteiger partial charge >= 0.3 is 6.09 Å². The van der Waals surface area contributed by atoms with E-state index in [9.17, 15) is 9.90 Å². The molecule has 0 saturated carbocycles. The molecule has 0 unspecified atom stereocenters. The molecule has 0 aliphatic carbocycles. The number of nitrogens with zero attached hydrogens (tertiary/aromatic N) is 1. The topological polar surface area (TPSA) is 70.0 Å². The second-order valence-corrected chi connectivity index (χ2v) is 2.85. The summed E-state index contributed by atoms with van der Waals surface area (Å²) in [5, 5.41) is 18.0. The number of likely N-dealkylation sites (tertiary alicyclic amines) is 1. The van der Waals surface area contributed by atoms with Crippen LogP contribution < -0.4 is 0 Å². The first-order valence-electron chi connectivity index (χ1n) is 3.82. The van der Waals surface area contributed by atoms with Crippen LogP contribution >= 0.6 is 0 Å². The highest BCUT2D eigenvalue weighted by Gasteiger charge is 2.34. The molecule has 0 aromatic carbocycles. The molecule has 1 aliphatic heterocycles. The zero-order valence-electron chi connectivity index (χ0n) is 6.93. The number of carbonyl (C=O) groups excluding carboxylic acids is 1. The zero-order chi connectivity index (χ0) is 9.14. The number of hydrogen-bond acceptors (Lipinski definition) is 4. The Morgan fingerprint density at radius 2 is 2.42 bits per heavy atom. The first kappa shape index (κ1) is 9.28. The first-order valence-corrected chi connectivity index (χ1v) is 3.82. The van der Waals surface area contributed by atoms with Crippen molar-refractivity contribution in [3.63, 3.8) is 0 Å². The van der Waals surface area contributed by atoms with Gasteiger partial charge in [-0.05, 0) is 6.42 Å². The van der Waals surface area contributed by atoms with Crippen molar-refractivity contribution in [2.24, 2.45) is 0 Å². The molecule has 0 spiro atoms. The van der Waals surface area contributed by atoms with Gasteiger partial charge in [-0.25, -0.2) is 4.79 Å². The van der Waals surface area contributed by atoms with Crippen LogP contribution in [0.2, 0.25) is 0 Å². The van der Waals surface area contributed by atoms with Crippen LogP contribution in [-0.4, -0.2) is 53.6 Å². The van der Waals surface area contributed by atoms with Gasteiger partial charge in [0, 0.05) is 0 Å². The van der Waals surface area contributed by atoms with E-state index >= 15 is 0 Å². The normalized spacial score (nSPS) is 29.1. The number of amides is 1. The van der Waals surface area contributed by atoms with E-state index in [1.165, 1.54) is 12.0 Å². The molecule has 0 radical (unpaired) electrons. The number of carbonyl (C=O) groups is 1. The Morgan fingerprint density at radius 3 is 2.92 bits per heavy atom. The summed E-state index contributed by atoms with van der Waals surface area (Å²) in [6.45, 7) is 0.115. The quantitative estimate of drug-likeness (QED) is 0.546. The van der Waals surface area contributed by atoms with Crippen LogP contribution in [0.5, 0.6) is 0 Å². The number of aliphatic hydroxyl groups excluding tert-OH is 2. The lowest BCUT2D eigenvalue weighted by Crippen LogP contribution is -2.37. The van der Waals surface area contributed by atoms with E-state index < -0.39 is 12.2 Å². The fraction of sp³-hybridized carbons (Fsp3) is 0.857. The van der Waals surface area contributed by atoms with Crippen molar-refractivity contribution < 1.29 is 19.7 Å². The lowest BCUT2D eigenvalue weighted by molar-refractivity contribution is 0.0988. The predicted octanol–water partition coefficient (Wildman–Crippen LogP) is -0.820. The van der Waals surface area contributed by atoms with E-state index in [1.54, 1.807) is 0 Å². The Bertz CT molecular complexity index is 173. The van der Waals surface area contributed by atoms with Crippen LogP contribution in [0.25, 0.3) is 0 Å². The molecule has 0 aromatic heterocycles. The summed E-state index contributed by atoms with van der Waals surface area (Å²) in [7, 11) is 1.28. The second-order valence-electron chi connectivity index (χ2n) is 2.85. The smallest absolute Gasteiger partial charge is 0.409 e. The number of ether oxygens (including phenoxy) is 1. The molecule has 0 aromatic rings. The Balaban J connectivity index is 2.57. The third-order valence-electron chi connectivity index (χ3n) is 2.01. The number of β-amino-alcohol motifs (C(OH)–C–C–N with tert-alkyl or cyclic N) is 1. The highest BCUT2D eigenvalue weighted by molar-refractivity contribution is 5.68. The van der Waals surface area contributed by atoms with Crippen LogP contribution in [0.4, 0.5) is 4.79 Å². The molecule has 12 heavy (non-hydrogen) atoms. The summed E-state index contributed by atoms with van der Waals surface area (Å²) in [6, 6.07) is -0.299. The molecular weight excluding hydrogens is 162 g/mol. The van der Waals surface area contributed by atoms with E-state index in [1.807, 2.05) is 0 Å². The van der Waals surface area contributed by atoms with Crippen molar-refractivity contribution in [3.8, 4) is 0 Å². The van der Waals surface area contributed by atoms with Gasteiger partial charge in [-0.15, -0.1) is 0 Å². The maximum absolute atomic E-state index is 11.0. The van der Waals surface area contributed by atoms with Gasteiger partial charge in [0.25, 0.3) is 0 Å². The van der Waals surface area contributed by atoms with Crippen molar-refractivity contribution in [2.75, 3.05) is 20.3 Å². The maximum atomic E-state index is 11.0. The van der Waals surface area contributed by atoms with Crippen LogP contribution in [0.3, 0.4) is 0 Å². The minimum atomic E-state index is -0.541. The van der Waals surface area contributed by atoms with E-state index in [0.29, 0.717) is 6.42 Å². The van der Waals surface area contributed by atoms with Crippen molar-refractivity contribution in [1.29, 1.82) is 0 Å². The number of aliphatic hydroxyl groups is 2. The van der Waals surface area contributed by atoms with E-state index in [4.69, 9.17) is 5.11 Å². The molecule has 5 heteroatoms. The van der Waals surface area contributed by atoms with Gasteiger partial charge in [0.05, 0.1) is 32.4 Å². The van der Waals surface area contributed by atoms with Crippen molar-refractivity contribution in [1.82, 2.24) is 4.90 Å². The van der Waals surface area contributed by atoms with Crippen LogP contribution in [0.15, 0.2) is 0 Å². The van der Waals surface area contributed by atoms with Crippen LogP contribution in [0.1, 0.15) is 6.42 Å². The molecule has 1 fully saturated rings. The molecule has 1 aliphatic rings. The maximum Gasteiger partial charge on any atom is 0.409 e. The summed E-state index contributed by atoms with van der Waals surface area (Å²) >= 11 is 0. The predicted molar refractivity (Wildman–Crippen MR) is 40.6 cm³/mol. The highest BCUT2D eigenvalue weighted by Crippen LogP contribution is 2.17. The standard InChI is InChI=1S/C7H13NO4/c1-12-7(11)8-3-6(10)2-5(8)4-9/h5-6,9-10H,2-4H2,1H3/t5-,6-/m0/s1. The summed E-state index contributed by atoms with van der Waals surface area (Å²) in [4.78, 5) is 12.3. The molecule has 1 heterocycles. The monoisotopic (exact) mass is 175 g/mol. The molecule has 70 valence electrons. The molecule has 2 N–H and O–H groups in total. The van der Waals surface area contributed by atoms with Gasteiger partial charge in [-0.3, -0.25) is 0 Å². The van der Waals surface area contributed by atoms with Crippen LogP contribution in [0, 0.1) is 0 Å². The number of methoxy groups -OCH3 is 1. The fourth-order valence-corrected chi connectivity index (χ4v) is 1.41. The molecule has 2 atom stereocenters. The Kier molecular flexibility index (Phi) is 2.88. The largest absolute Gasteiger partial charge is 0.453 e. The number of hydrogen-bond donors (Lipinski definition) is 2. The van der Waals surface area contributed by atoms with Gasteiger partial charge in [-0.2, -0.15) is 0 Å². The van der Waals surface area contributed by atoms with Gasteiger partial charge in [0.15, 0.2) is 0 Å². The van der Waals surface area contributed by atoms with Crippen molar-refractivity contribution in [3.05, 3.63) is 0 Å².